The van der Waals surface area contributed by atoms with Gasteiger partial charge in [0.15, 0.2) is 0 Å². The van der Waals surface area contributed by atoms with Gasteiger partial charge in [-0.3, -0.25) is 9.69 Å². The molecule has 0 radical (unpaired) electrons. The average Bonchev–Trinajstić information content (AvgIpc) is 2.93. The topological polar surface area (TPSA) is 47.3 Å². The highest BCUT2D eigenvalue weighted by Gasteiger charge is 2.19. The molecule has 1 fully saturated rings. The van der Waals surface area contributed by atoms with E-state index in [0.29, 0.717) is 30.5 Å². The number of amides is 1. The lowest BCUT2D eigenvalue weighted by Gasteiger charge is -2.22. The fourth-order valence-electron chi connectivity index (χ4n) is 3.42. The maximum Gasteiger partial charge on any atom is 0.222 e. The Morgan fingerprint density at radius 2 is 1.81 bits per heavy atom. The van der Waals surface area contributed by atoms with E-state index < -0.39 is 0 Å². The normalized spacial score (nSPS) is 15.2. The number of carbonyl (C=O) groups is 1. The molecule has 1 amide bonds. The minimum atomic E-state index is -0.241. The lowest BCUT2D eigenvalue weighted by atomic mass is 10.1. The molecule has 2 aromatic rings. The van der Waals surface area contributed by atoms with Crippen molar-refractivity contribution in [2.45, 2.75) is 25.8 Å². The third kappa shape index (κ3) is 5.38. The van der Waals surface area contributed by atoms with Crippen molar-refractivity contribution in [1.29, 1.82) is 5.26 Å². The zero-order valence-corrected chi connectivity index (χ0v) is 15.4. The number of halogens is 1. The minimum Gasteiger partial charge on any atom is -0.341 e. The van der Waals surface area contributed by atoms with E-state index >= 15 is 0 Å². The second kappa shape index (κ2) is 9.29. The number of hydrogen-bond acceptors (Lipinski definition) is 3. The Bertz CT molecular complexity index is 813. The van der Waals surface area contributed by atoms with Crippen molar-refractivity contribution in [2.24, 2.45) is 0 Å². The molecule has 0 atom stereocenters. The molecule has 1 heterocycles. The number of nitriles is 1. The molecule has 1 saturated heterocycles. The second-order valence-corrected chi connectivity index (χ2v) is 6.91. The van der Waals surface area contributed by atoms with Gasteiger partial charge in [-0.05, 0) is 42.2 Å². The molecule has 1 aliphatic rings. The molecule has 0 aliphatic carbocycles. The highest BCUT2D eigenvalue weighted by atomic mass is 19.1. The van der Waals surface area contributed by atoms with E-state index in [2.05, 4.69) is 11.0 Å². The van der Waals surface area contributed by atoms with Crippen molar-refractivity contribution in [3.8, 4) is 6.07 Å². The van der Waals surface area contributed by atoms with Gasteiger partial charge in [0, 0.05) is 39.1 Å². The summed E-state index contributed by atoms with van der Waals surface area (Å²) in [5.74, 6) is -0.145. The van der Waals surface area contributed by atoms with Crippen LogP contribution in [-0.4, -0.2) is 41.9 Å². The van der Waals surface area contributed by atoms with Gasteiger partial charge in [0.05, 0.1) is 11.6 Å². The van der Waals surface area contributed by atoms with Crippen LogP contribution in [0, 0.1) is 17.1 Å². The van der Waals surface area contributed by atoms with Crippen LogP contribution in [0.3, 0.4) is 0 Å². The summed E-state index contributed by atoms with van der Waals surface area (Å²) in [4.78, 5) is 16.8. The monoisotopic (exact) mass is 365 g/mol. The number of nitrogens with zero attached hydrogens (tertiary/aromatic N) is 3. The zero-order chi connectivity index (χ0) is 19.1. The van der Waals surface area contributed by atoms with E-state index in [0.717, 1.165) is 32.6 Å². The SMILES string of the molecule is N#Cc1ccc(CN2CCCN(C(=O)CCc3ccccc3F)CC2)cc1. The summed E-state index contributed by atoms with van der Waals surface area (Å²) >= 11 is 0. The van der Waals surface area contributed by atoms with Crippen LogP contribution in [0.15, 0.2) is 48.5 Å². The largest absolute Gasteiger partial charge is 0.341 e. The molecule has 27 heavy (non-hydrogen) atoms. The standard InChI is InChI=1S/C22H24FN3O/c23-21-5-2-1-4-20(21)10-11-22(27)26-13-3-12-25(14-15-26)17-19-8-6-18(16-24)7-9-19/h1-2,4-9H,3,10-15,17H2. The van der Waals surface area contributed by atoms with Gasteiger partial charge >= 0.3 is 0 Å². The molecule has 0 bridgehead atoms. The van der Waals surface area contributed by atoms with Gasteiger partial charge in [0.25, 0.3) is 0 Å². The molecule has 0 spiro atoms. The molecule has 5 heteroatoms. The van der Waals surface area contributed by atoms with E-state index in [4.69, 9.17) is 5.26 Å². The Morgan fingerprint density at radius 3 is 2.56 bits per heavy atom. The van der Waals surface area contributed by atoms with Crippen LogP contribution in [0.25, 0.3) is 0 Å². The molecule has 0 unspecified atom stereocenters. The summed E-state index contributed by atoms with van der Waals surface area (Å²) in [6, 6.07) is 16.4. The first kappa shape index (κ1) is 19.1. The molecular formula is C22H24FN3O. The molecule has 0 saturated carbocycles. The summed E-state index contributed by atoms with van der Waals surface area (Å²) < 4.78 is 13.7. The zero-order valence-electron chi connectivity index (χ0n) is 15.4. The molecule has 1 aliphatic heterocycles. The van der Waals surface area contributed by atoms with Crippen LogP contribution in [0.2, 0.25) is 0 Å². The quantitative estimate of drug-likeness (QED) is 0.816. The van der Waals surface area contributed by atoms with Crippen molar-refractivity contribution in [3.05, 3.63) is 71.0 Å². The summed E-state index contributed by atoms with van der Waals surface area (Å²) in [7, 11) is 0. The van der Waals surface area contributed by atoms with Crippen molar-refractivity contribution in [1.82, 2.24) is 9.80 Å². The third-order valence-corrected chi connectivity index (χ3v) is 5.00. The first-order chi connectivity index (χ1) is 13.2. The molecule has 3 rings (SSSR count). The maximum atomic E-state index is 13.7. The van der Waals surface area contributed by atoms with Gasteiger partial charge in [0.2, 0.25) is 5.91 Å². The molecular weight excluding hydrogens is 341 g/mol. The first-order valence-electron chi connectivity index (χ1n) is 9.38. The van der Waals surface area contributed by atoms with E-state index in [1.54, 1.807) is 18.2 Å². The Morgan fingerprint density at radius 1 is 1.04 bits per heavy atom. The maximum absolute atomic E-state index is 13.7. The van der Waals surface area contributed by atoms with E-state index in [-0.39, 0.29) is 11.7 Å². The van der Waals surface area contributed by atoms with Crippen LogP contribution < -0.4 is 0 Å². The van der Waals surface area contributed by atoms with Crippen LogP contribution in [0.1, 0.15) is 29.5 Å². The van der Waals surface area contributed by atoms with E-state index in [1.165, 1.54) is 11.6 Å². The van der Waals surface area contributed by atoms with Gasteiger partial charge in [0.1, 0.15) is 5.82 Å². The fourth-order valence-corrected chi connectivity index (χ4v) is 3.42. The minimum absolute atomic E-state index is 0.0958. The van der Waals surface area contributed by atoms with E-state index in [1.807, 2.05) is 29.2 Å². The molecule has 0 N–H and O–H groups in total. The van der Waals surface area contributed by atoms with E-state index in [9.17, 15) is 9.18 Å². The van der Waals surface area contributed by atoms with Gasteiger partial charge in [-0.1, -0.05) is 30.3 Å². The predicted octanol–water partition coefficient (Wildman–Crippen LogP) is 3.36. The number of benzene rings is 2. The van der Waals surface area contributed by atoms with Crippen molar-refractivity contribution >= 4 is 5.91 Å². The predicted molar refractivity (Wildman–Crippen MR) is 102 cm³/mol. The Hall–Kier alpha value is -2.71. The Kier molecular flexibility index (Phi) is 6.56. The van der Waals surface area contributed by atoms with Crippen LogP contribution in [0.4, 0.5) is 4.39 Å². The smallest absolute Gasteiger partial charge is 0.222 e. The van der Waals surface area contributed by atoms with Crippen LogP contribution >= 0.6 is 0 Å². The number of hydrogen-bond donors (Lipinski definition) is 0. The molecule has 2 aromatic carbocycles. The number of aryl methyl sites for hydroxylation is 1. The van der Waals surface area contributed by atoms with Gasteiger partial charge in [-0.15, -0.1) is 0 Å². The second-order valence-electron chi connectivity index (χ2n) is 6.91. The van der Waals surface area contributed by atoms with Crippen LogP contribution in [-0.2, 0) is 17.8 Å². The van der Waals surface area contributed by atoms with Gasteiger partial charge in [-0.2, -0.15) is 5.26 Å². The Balaban J connectivity index is 1.49. The van der Waals surface area contributed by atoms with Gasteiger partial charge < -0.3 is 4.90 Å². The summed E-state index contributed by atoms with van der Waals surface area (Å²) in [5.41, 5.74) is 2.44. The van der Waals surface area contributed by atoms with Crippen molar-refractivity contribution in [2.75, 3.05) is 26.2 Å². The number of carbonyl (C=O) groups excluding carboxylic acids is 1. The summed E-state index contributed by atoms with van der Waals surface area (Å²) in [6.07, 6.45) is 1.72. The fraction of sp³-hybridized carbons (Fsp3) is 0.364. The third-order valence-electron chi connectivity index (χ3n) is 5.00. The Labute approximate surface area is 159 Å². The molecule has 0 aromatic heterocycles. The summed E-state index contributed by atoms with van der Waals surface area (Å²) in [5, 5.41) is 8.88. The number of rotatable bonds is 5. The molecule has 4 nitrogen and oxygen atoms in total. The lowest BCUT2D eigenvalue weighted by molar-refractivity contribution is -0.131. The lowest BCUT2D eigenvalue weighted by Crippen LogP contribution is -2.35. The summed E-state index contributed by atoms with van der Waals surface area (Å²) in [6.45, 7) is 4.04. The molecule has 140 valence electrons. The van der Waals surface area contributed by atoms with Gasteiger partial charge in [-0.25, -0.2) is 4.39 Å². The highest BCUT2D eigenvalue weighted by Crippen LogP contribution is 2.13. The first-order valence-corrected chi connectivity index (χ1v) is 9.38. The highest BCUT2D eigenvalue weighted by molar-refractivity contribution is 5.76. The van der Waals surface area contributed by atoms with Crippen LogP contribution in [0.5, 0.6) is 0 Å². The van der Waals surface area contributed by atoms with Crippen molar-refractivity contribution in [3.63, 3.8) is 0 Å². The van der Waals surface area contributed by atoms with Crippen molar-refractivity contribution < 1.29 is 9.18 Å². The average molecular weight is 365 g/mol.